The molecule has 0 aliphatic carbocycles. The molecule has 1 saturated heterocycles. The third kappa shape index (κ3) is 2.88. The Morgan fingerprint density at radius 1 is 1.35 bits per heavy atom. The second-order valence-electron chi connectivity index (χ2n) is 5.25. The number of piperidine rings is 1. The summed E-state index contributed by atoms with van der Waals surface area (Å²) in [5.41, 5.74) is 6.58. The maximum atomic E-state index is 12.6. The Hall–Kier alpha value is -1.75. The number of benzene rings is 1. The summed E-state index contributed by atoms with van der Waals surface area (Å²) < 4.78 is 10.4. The van der Waals surface area contributed by atoms with Crippen LogP contribution in [0.5, 0.6) is 11.5 Å². The van der Waals surface area contributed by atoms with Gasteiger partial charge in [0.25, 0.3) is 5.91 Å². The summed E-state index contributed by atoms with van der Waals surface area (Å²) >= 11 is 0. The number of likely N-dealkylation sites (tertiary alicyclic amines) is 1. The summed E-state index contributed by atoms with van der Waals surface area (Å²) in [7, 11) is 3.14. The number of nitrogens with zero attached hydrogens (tertiary/aromatic N) is 1. The largest absolute Gasteiger partial charge is 0.497 e. The van der Waals surface area contributed by atoms with Crippen molar-refractivity contribution in [3.8, 4) is 11.5 Å². The van der Waals surface area contributed by atoms with Gasteiger partial charge in [0.1, 0.15) is 11.5 Å². The zero-order valence-electron chi connectivity index (χ0n) is 12.3. The van der Waals surface area contributed by atoms with Crippen molar-refractivity contribution in [1.29, 1.82) is 0 Å². The number of carbonyl (C=O) groups excluding carboxylic acids is 1. The van der Waals surface area contributed by atoms with Crippen molar-refractivity contribution < 1.29 is 14.3 Å². The monoisotopic (exact) mass is 278 g/mol. The van der Waals surface area contributed by atoms with Gasteiger partial charge in [0, 0.05) is 19.1 Å². The second kappa shape index (κ2) is 6.13. The quantitative estimate of drug-likeness (QED) is 0.910. The average Bonchev–Trinajstić information content (AvgIpc) is 2.48. The molecule has 2 atom stereocenters. The van der Waals surface area contributed by atoms with Crippen molar-refractivity contribution in [2.24, 2.45) is 11.7 Å². The third-order valence-corrected chi connectivity index (χ3v) is 3.94. The van der Waals surface area contributed by atoms with Gasteiger partial charge >= 0.3 is 0 Å². The smallest absolute Gasteiger partial charge is 0.257 e. The van der Waals surface area contributed by atoms with Gasteiger partial charge in [-0.25, -0.2) is 0 Å². The highest BCUT2D eigenvalue weighted by molar-refractivity contribution is 5.97. The van der Waals surface area contributed by atoms with Crippen molar-refractivity contribution in [2.75, 3.05) is 27.3 Å². The summed E-state index contributed by atoms with van der Waals surface area (Å²) in [6, 6.07) is 5.27. The maximum absolute atomic E-state index is 12.6. The number of rotatable bonds is 3. The van der Waals surface area contributed by atoms with Crippen LogP contribution >= 0.6 is 0 Å². The molecule has 0 bridgehead atoms. The Morgan fingerprint density at radius 2 is 2.10 bits per heavy atom. The van der Waals surface area contributed by atoms with Crippen LogP contribution < -0.4 is 15.2 Å². The van der Waals surface area contributed by atoms with Crippen LogP contribution in [-0.2, 0) is 0 Å². The molecule has 1 fully saturated rings. The van der Waals surface area contributed by atoms with Crippen LogP contribution in [0.15, 0.2) is 18.2 Å². The molecule has 5 heteroatoms. The van der Waals surface area contributed by atoms with Gasteiger partial charge in [0.15, 0.2) is 0 Å². The van der Waals surface area contributed by atoms with Gasteiger partial charge in [-0.15, -0.1) is 0 Å². The highest BCUT2D eigenvalue weighted by atomic mass is 16.5. The first kappa shape index (κ1) is 14.7. The molecule has 1 amide bonds. The van der Waals surface area contributed by atoms with Crippen molar-refractivity contribution in [2.45, 2.75) is 19.4 Å². The molecule has 0 radical (unpaired) electrons. The van der Waals surface area contributed by atoms with Crippen LogP contribution in [0.3, 0.4) is 0 Å². The summed E-state index contributed by atoms with van der Waals surface area (Å²) in [6.07, 6.45) is 0.930. The lowest BCUT2D eigenvalue weighted by molar-refractivity contribution is 0.0668. The van der Waals surface area contributed by atoms with E-state index in [0.717, 1.165) is 13.0 Å². The Kier molecular flexibility index (Phi) is 4.49. The molecule has 5 nitrogen and oxygen atoms in total. The molecule has 0 spiro atoms. The van der Waals surface area contributed by atoms with E-state index in [4.69, 9.17) is 15.2 Å². The maximum Gasteiger partial charge on any atom is 0.257 e. The molecule has 2 rings (SSSR count). The van der Waals surface area contributed by atoms with Gasteiger partial charge in [-0.05, 0) is 30.5 Å². The molecule has 1 aliphatic heterocycles. The Morgan fingerprint density at radius 3 is 2.70 bits per heavy atom. The van der Waals surface area contributed by atoms with Gasteiger partial charge in [-0.1, -0.05) is 6.92 Å². The Bertz CT molecular complexity index is 490. The predicted octanol–water partition coefficient (Wildman–Crippen LogP) is 1.51. The minimum Gasteiger partial charge on any atom is -0.497 e. The SMILES string of the molecule is COc1ccc(OC)c(C(=O)N2CCC(C)C(N)C2)c1. The third-order valence-electron chi connectivity index (χ3n) is 3.94. The Labute approximate surface area is 119 Å². The first-order chi connectivity index (χ1) is 9.56. The van der Waals surface area contributed by atoms with E-state index in [1.54, 1.807) is 37.3 Å². The van der Waals surface area contributed by atoms with Crippen LogP contribution in [-0.4, -0.2) is 44.2 Å². The molecule has 1 heterocycles. The number of hydrogen-bond donors (Lipinski definition) is 1. The first-order valence-corrected chi connectivity index (χ1v) is 6.83. The van der Waals surface area contributed by atoms with Crippen molar-refractivity contribution in [1.82, 2.24) is 4.90 Å². The fourth-order valence-corrected chi connectivity index (χ4v) is 2.44. The van der Waals surface area contributed by atoms with Crippen molar-refractivity contribution in [3.05, 3.63) is 23.8 Å². The lowest BCUT2D eigenvalue weighted by atomic mass is 9.94. The van der Waals surface area contributed by atoms with Gasteiger partial charge in [-0.3, -0.25) is 4.79 Å². The summed E-state index contributed by atoms with van der Waals surface area (Å²) in [5, 5.41) is 0. The van der Waals surface area contributed by atoms with E-state index in [-0.39, 0.29) is 11.9 Å². The fourth-order valence-electron chi connectivity index (χ4n) is 2.44. The van der Waals surface area contributed by atoms with Crippen LogP contribution in [0.25, 0.3) is 0 Å². The zero-order chi connectivity index (χ0) is 14.7. The molecular formula is C15H22N2O3. The van der Waals surface area contributed by atoms with E-state index in [1.165, 1.54) is 0 Å². The number of carbonyl (C=O) groups is 1. The van der Waals surface area contributed by atoms with Gasteiger partial charge in [0.2, 0.25) is 0 Å². The second-order valence-corrected chi connectivity index (χ2v) is 5.25. The highest BCUT2D eigenvalue weighted by Gasteiger charge is 2.28. The minimum absolute atomic E-state index is 0.0318. The average molecular weight is 278 g/mol. The number of nitrogens with two attached hydrogens (primary N) is 1. The summed E-state index contributed by atoms with van der Waals surface area (Å²) in [4.78, 5) is 14.4. The van der Waals surface area contributed by atoms with Gasteiger partial charge in [-0.2, -0.15) is 0 Å². The van der Waals surface area contributed by atoms with Crippen LogP contribution in [0.4, 0.5) is 0 Å². The van der Waals surface area contributed by atoms with Gasteiger partial charge < -0.3 is 20.1 Å². The predicted molar refractivity (Wildman–Crippen MR) is 77.2 cm³/mol. The molecule has 1 aromatic carbocycles. The molecule has 110 valence electrons. The molecule has 0 saturated carbocycles. The lowest BCUT2D eigenvalue weighted by Crippen LogP contribution is -2.49. The first-order valence-electron chi connectivity index (χ1n) is 6.83. The minimum atomic E-state index is -0.0527. The number of ether oxygens (including phenoxy) is 2. The fraction of sp³-hybridized carbons (Fsp3) is 0.533. The van der Waals surface area contributed by atoms with E-state index < -0.39 is 0 Å². The highest BCUT2D eigenvalue weighted by Crippen LogP contribution is 2.27. The van der Waals surface area contributed by atoms with E-state index >= 15 is 0 Å². The molecule has 2 N–H and O–H groups in total. The number of amides is 1. The van der Waals surface area contributed by atoms with Crippen LogP contribution in [0.2, 0.25) is 0 Å². The summed E-state index contributed by atoms with van der Waals surface area (Å²) in [6.45, 7) is 3.44. The van der Waals surface area contributed by atoms with Crippen molar-refractivity contribution in [3.63, 3.8) is 0 Å². The number of methoxy groups -OCH3 is 2. The standard InChI is InChI=1S/C15H22N2O3/c1-10-6-7-17(9-13(10)16)15(18)12-8-11(19-2)4-5-14(12)20-3/h4-5,8,10,13H,6-7,9,16H2,1-3H3. The summed E-state index contributed by atoms with van der Waals surface area (Å²) in [5.74, 6) is 1.60. The normalized spacial score (nSPS) is 22.5. The topological polar surface area (TPSA) is 64.8 Å². The van der Waals surface area contributed by atoms with Crippen LogP contribution in [0.1, 0.15) is 23.7 Å². The Balaban J connectivity index is 2.24. The molecule has 2 unspecified atom stereocenters. The van der Waals surface area contributed by atoms with E-state index in [1.807, 2.05) is 0 Å². The molecule has 20 heavy (non-hydrogen) atoms. The molecule has 1 aliphatic rings. The number of hydrogen-bond acceptors (Lipinski definition) is 4. The van der Waals surface area contributed by atoms with E-state index in [9.17, 15) is 4.79 Å². The lowest BCUT2D eigenvalue weighted by Gasteiger charge is -2.35. The van der Waals surface area contributed by atoms with E-state index in [0.29, 0.717) is 29.5 Å². The molecule has 0 aromatic heterocycles. The molecule has 1 aromatic rings. The zero-order valence-corrected chi connectivity index (χ0v) is 12.3. The van der Waals surface area contributed by atoms with Crippen molar-refractivity contribution >= 4 is 5.91 Å². The van der Waals surface area contributed by atoms with Crippen LogP contribution in [0, 0.1) is 5.92 Å². The van der Waals surface area contributed by atoms with Gasteiger partial charge in [0.05, 0.1) is 19.8 Å². The van der Waals surface area contributed by atoms with E-state index in [2.05, 4.69) is 6.92 Å². The molecular weight excluding hydrogens is 256 g/mol.